The zero-order valence-electron chi connectivity index (χ0n) is 31.0. The van der Waals surface area contributed by atoms with Crippen LogP contribution in [-0.4, -0.2) is 34.8 Å². The second-order valence-electron chi connectivity index (χ2n) is 14.5. The molecule has 7 heteroatoms. The molecule has 270 valence electrons. The fourth-order valence-electron chi connectivity index (χ4n) is 7.36. The minimum absolute atomic E-state index is 0.113. The van der Waals surface area contributed by atoms with E-state index in [1.807, 2.05) is 13.8 Å². The van der Waals surface area contributed by atoms with Gasteiger partial charge in [0, 0.05) is 6.04 Å². The van der Waals surface area contributed by atoms with Gasteiger partial charge >= 0.3 is 227 Å². The molecule has 0 fully saturated rings. The van der Waals surface area contributed by atoms with Crippen molar-refractivity contribution < 1.29 is 14.4 Å². The molecule has 0 aromatic heterocycles. The smallest absolute Gasteiger partial charge is 0.263 e. The SMILES string of the molecule is CCC(C)N1C(=O)c2cccc(NC(=O)CCCCCCCCCCP(Br)(c3ccc(C)cc3)(c3ccc(C)cc3)c3ccc(C)cc3)c2C1=O. The molecule has 0 saturated carbocycles. The topological polar surface area (TPSA) is 66.5 Å². The van der Waals surface area contributed by atoms with Gasteiger partial charge in [0.25, 0.3) is 11.8 Å². The van der Waals surface area contributed by atoms with Gasteiger partial charge in [-0.25, -0.2) is 0 Å². The Morgan fingerprint density at radius 1 is 0.667 bits per heavy atom. The van der Waals surface area contributed by atoms with Gasteiger partial charge in [-0.15, -0.1) is 0 Å². The average molecular weight is 770 g/mol. The number of imide groups is 1. The largest absolute Gasteiger partial charge is 0.268 e. The van der Waals surface area contributed by atoms with E-state index in [-0.39, 0.29) is 23.8 Å². The Morgan fingerprint density at radius 3 is 1.59 bits per heavy atom. The molecule has 0 radical (unpaired) electrons. The van der Waals surface area contributed by atoms with Crippen molar-refractivity contribution in [3.8, 4) is 0 Å². The van der Waals surface area contributed by atoms with E-state index >= 15 is 0 Å². The number of nitrogens with one attached hydrogen (secondary N) is 1. The molecule has 1 unspecified atom stereocenters. The first-order valence-electron chi connectivity index (χ1n) is 18.7. The summed E-state index contributed by atoms with van der Waals surface area (Å²) in [7, 11) is 0. The van der Waals surface area contributed by atoms with Crippen molar-refractivity contribution in [2.24, 2.45) is 0 Å². The maximum Gasteiger partial charge on any atom is 0.263 e. The summed E-state index contributed by atoms with van der Waals surface area (Å²) in [6, 6.07) is 32.5. The summed E-state index contributed by atoms with van der Waals surface area (Å²) in [4.78, 5) is 40.1. The first-order valence-corrected chi connectivity index (χ1v) is 23.2. The van der Waals surface area contributed by atoms with E-state index in [2.05, 4.69) is 114 Å². The quantitative estimate of drug-likeness (QED) is 0.0661. The number of hydrogen-bond donors (Lipinski definition) is 1. The summed E-state index contributed by atoms with van der Waals surface area (Å²) in [5, 5.41) is 4.14. The number of carbonyl (C=O) groups excluding carboxylic acids is 3. The summed E-state index contributed by atoms with van der Waals surface area (Å²) in [6.07, 6.45) is 10.9. The van der Waals surface area contributed by atoms with Gasteiger partial charge in [-0.1, -0.05) is 13.0 Å². The minimum atomic E-state index is -2.92. The fourth-order valence-corrected chi connectivity index (χ4v) is 15.0. The van der Waals surface area contributed by atoms with Gasteiger partial charge in [0.1, 0.15) is 0 Å². The van der Waals surface area contributed by atoms with Crippen LogP contribution >= 0.6 is 20.8 Å². The Balaban J connectivity index is 1.12. The molecule has 3 amide bonds. The summed E-state index contributed by atoms with van der Waals surface area (Å²) in [5.74, 6) is -0.713. The molecule has 0 saturated heterocycles. The third-order valence-electron chi connectivity index (χ3n) is 10.7. The van der Waals surface area contributed by atoms with Crippen LogP contribution in [0, 0.1) is 20.8 Å². The number of hydrogen-bond acceptors (Lipinski definition) is 3. The van der Waals surface area contributed by atoms with Crippen molar-refractivity contribution in [1.82, 2.24) is 4.90 Å². The van der Waals surface area contributed by atoms with Crippen LogP contribution in [0.3, 0.4) is 0 Å². The molecule has 5 nitrogen and oxygen atoms in total. The number of rotatable bonds is 17. The Bertz CT molecular complexity index is 1720. The first-order chi connectivity index (χ1) is 24.5. The van der Waals surface area contributed by atoms with Gasteiger partial charge in [0.15, 0.2) is 0 Å². The molecule has 1 N–H and O–H groups in total. The summed E-state index contributed by atoms with van der Waals surface area (Å²) in [6.45, 7) is 10.3. The van der Waals surface area contributed by atoms with Gasteiger partial charge < -0.3 is 0 Å². The third kappa shape index (κ3) is 8.23. The standard InChI is InChI=1S/C44H54BrN2O3P/c1-6-35(5)47-43(49)39-16-15-17-40(42(39)44(47)50)46-41(48)18-13-11-9-7-8-10-12-14-31-51(45,36-25-19-32(2)20-26-36,37-27-21-33(3)22-28-37)38-29-23-34(4)24-30-38/h15-17,19-30,35H,6-14,18,31H2,1-5H3,(H,46,48). The van der Waals surface area contributed by atoms with Gasteiger partial charge in [0.2, 0.25) is 0 Å². The number of aryl methyl sites for hydroxylation is 3. The number of carbonyl (C=O) groups is 3. The monoisotopic (exact) mass is 768 g/mol. The van der Waals surface area contributed by atoms with Gasteiger partial charge in [-0.05, 0) is 25.5 Å². The van der Waals surface area contributed by atoms with E-state index in [4.69, 9.17) is 0 Å². The van der Waals surface area contributed by atoms with Gasteiger partial charge in [-0.2, -0.15) is 0 Å². The van der Waals surface area contributed by atoms with Gasteiger partial charge in [0.05, 0.1) is 16.8 Å². The summed E-state index contributed by atoms with van der Waals surface area (Å²) < 4.78 is 0. The van der Waals surface area contributed by atoms with Crippen LogP contribution in [0.25, 0.3) is 0 Å². The Labute approximate surface area is 313 Å². The maximum atomic E-state index is 13.1. The Kier molecular flexibility index (Phi) is 12.7. The molecule has 4 aromatic rings. The van der Waals surface area contributed by atoms with Crippen molar-refractivity contribution in [2.75, 3.05) is 11.5 Å². The van der Waals surface area contributed by atoms with E-state index in [0.29, 0.717) is 29.7 Å². The van der Waals surface area contributed by atoms with E-state index < -0.39 is 5.31 Å². The molecule has 1 atom stereocenters. The predicted octanol–water partition coefficient (Wildman–Crippen LogP) is 10.3. The van der Waals surface area contributed by atoms with E-state index in [1.54, 1.807) is 18.2 Å². The Morgan fingerprint density at radius 2 is 1.12 bits per heavy atom. The number of anilines is 1. The van der Waals surface area contributed by atoms with Crippen LogP contribution < -0.4 is 21.2 Å². The number of fused-ring (bicyclic) bond motifs is 1. The van der Waals surface area contributed by atoms with Crippen molar-refractivity contribution >= 4 is 60.1 Å². The molecule has 5 rings (SSSR count). The third-order valence-corrected chi connectivity index (χ3v) is 20.7. The molecular weight excluding hydrogens is 715 g/mol. The zero-order valence-corrected chi connectivity index (χ0v) is 33.5. The van der Waals surface area contributed by atoms with Crippen LogP contribution in [0.4, 0.5) is 5.69 Å². The van der Waals surface area contributed by atoms with Crippen LogP contribution in [0.2, 0.25) is 0 Å². The molecule has 4 aromatic carbocycles. The molecule has 0 spiro atoms. The van der Waals surface area contributed by atoms with Crippen LogP contribution in [0.1, 0.15) is 115 Å². The normalized spacial score (nSPS) is 14.2. The minimum Gasteiger partial charge on any atom is -0.268 e. The maximum absolute atomic E-state index is 13.1. The molecule has 1 aliphatic rings. The molecule has 0 bridgehead atoms. The average Bonchev–Trinajstić information content (AvgIpc) is 3.39. The van der Waals surface area contributed by atoms with Crippen molar-refractivity contribution in [2.45, 2.75) is 105 Å². The number of unbranched alkanes of at least 4 members (excludes halogenated alkanes) is 7. The number of nitrogens with zero attached hydrogens (tertiary/aromatic N) is 1. The fraction of sp³-hybridized carbons (Fsp3) is 0.386. The first kappa shape index (κ1) is 38.6. The second kappa shape index (κ2) is 16.8. The van der Waals surface area contributed by atoms with E-state index in [1.165, 1.54) is 56.8 Å². The molecule has 1 aliphatic heterocycles. The molecule has 0 aliphatic carbocycles. The Hall–Kier alpha value is -3.60. The predicted molar refractivity (Wildman–Crippen MR) is 220 cm³/mol. The van der Waals surface area contributed by atoms with Crippen molar-refractivity contribution in [3.05, 3.63) is 119 Å². The molecule has 51 heavy (non-hydrogen) atoms. The van der Waals surface area contributed by atoms with Gasteiger partial charge in [-0.3, -0.25) is 14.5 Å². The van der Waals surface area contributed by atoms with Crippen LogP contribution in [0.15, 0.2) is 91.0 Å². The zero-order chi connectivity index (χ0) is 36.6. The number of benzene rings is 4. The molecule has 1 heterocycles. The van der Waals surface area contributed by atoms with Crippen LogP contribution in [-0.2, 0) is 4.79 Å². The number of amides is 3. The number of halogens is 1. The summed E-state index contributed by atoms with van der Waals surface area (Å²) in [5.41, 5.74) is 4.94. The van der Waals surface area contributed by atoms with Crippen molar-refractivity contribution in [3.63, 3.8) is 0 Å². The van der Waals surface area contributed by atoms with E-state index in [9.17, 15) is 14.4 Å². The van der Waals surface area contributed by atoms with Crippen molar-refractivity contribution in [1.29, 1.82) is 0 Å². The summed E-state index contributed by atoms with van der Waals surface area (Å²) >= 11 is 4.63. The second-order valence-corrected chi connectivity index (χ2v) is 23.6. The van der Waals surface area contributed by atoms with E-state index in [0.717, 1.165) is 38.3 Å². The van der Waals surface area contributed by atoms with Crippen LogP contribution in [0.5, 0.6) is 0 Å². The molecular formula is C44H54BrN2O3P.